The lowest BCUT2D eigenvalue weighted by atomic mass is 10.1. The molecule has 0 spiro atoms. The lowest BCUT2D eigenvalue weighted by Gasteiger charge is -2.13. The minimum absolute atomic E-state index is 0.235. The lowest BCUT2D eigenvalue weighted by molar-refractivity contribution is 0.102. The number of carbonyl (C=O) groups is 2. The number of ether oxygens (including phenoxy) is 1. The van der Waals surface area contributed by atoms with Crippen LogP contribution in [0.2, 0.25) is 5.02 Å². The first-order chi connectivity index (χ1) is 12.2. The van der Waals surface area contributed by atoms with Gasteiger partial charge in [0.1, 0.15) is 0 Å². The Hall–Kier alpha value is -2.73. The molecule has 0 bridgehead atoms. The average Bonchev–Trinajstić information content (AvgIpc) is 2.62. The second-order valence-electron chi connectivity index (χ2n) is 4.52. The zero-order chi connectivity index (χ0) is 19.5. The van der Waals surface area contributed by atoms with E-state index in [2.05, 4.69) is 15.0 Å². The molecule has 13 heteroatoms. The van der Waals surface area contributed by atoms with Crippen LogP contribution >= 0.6 is 11.6 Å². The van der Waals surface area contributed by atoms with E-state index >= 15 is 0 Å². The summed E-state index contributed by atoms with van der Waals surface area (Å²) in [6, 6.07) is 3.25. The van der Waals surface area contributed by atoms with Crippen molar-refractivity contribution in [1.29, 1.82) is 0 Å². The van der Waals surface area contributed by atoms with Crippen molar-refractivity contribution in [2.75, 3.05) is 11.8 Å². The van der Waals surface area contributed by atoms with E-state index in [1.54, 1.807) is 4.72 Å². The number of aromatic nitrogens is 3. The fourth-order valence-electron chi connectivity index (χ4n) is 1.74. The number of nitrogens with zero attached hydrogens (tertiary/aromatic N) is 3. The van der Waals surface area contributed by atoms with E-state index < -0.39 is 44.5 Å². The maximum Gasteiger partial charge on any atom is 0.355 e. The fourth-order valence-corrected chi connectivity index (χ4v) is 2.61. The van der Waals surface area contributed by atoms with Gasteiger partial charge in [-0.25, -0.2) is 13.4 Å². The molecule has 0 atom stereocenters. The molecule has 0 aliphatic carbocycles. The van der Waals surface area contributed by atoms with Crippen molar-refractivity contribution in [3.05, 3.63) is 40.4 Å². The number of hydrogen-bond donors (Lipinski definition) is 1. The Morgan fingerprint density at radius 2 is 2.00 bits per heavy atom. The Kier molecular flexibility index (Phi) is 5.77. The van der Waals surface area contributed by atoms with Crippen molar-refractivity contribution in [2.24, 2.45) is 0 Å². The summed E-state index contributed by atoms with van der Waals surface area (Å²) in [6.45, 7) is 0. The van der Waals surface area contributed by atoms with Crippen molar-refractivity contribution in [2.45, 2.75) is 5.76 Å². The van der Waals surface area contributed by atoms with Crippen LogP contribution in [0.5, 0.6) is 6.01 Å². The number of rotatable bonds is 7. The second-order valence-corrected chi connectivity index (χ2v) is 6.58. The highest BCUT2D eigenvalue weighted by molar-refractivity contribution is 7.93. The third-order valence-electron chi connectivity index (χ3n) is 2.86. The van der Waals surface area contributed by atoms with Crippen LogP contribution in [-0.4, -0.2) is 48.3 Å². The molecule has 26 heavy (non-hydrogen) atoms. The maximum atomic E-state index is 12.6. The molecule has 0 saturated heterocycles. The number of alkyl halides is 2. The predicted molar refractivity (Wildman–Crippen MR) is 85.2 cm³/mol. The van der Waals surface area contributed by atoms with Gasteiger partial charge in [-0.05, 0) is 12.1 Å². The fraction of sp³-hybridized carbons (Fsp3) is 0.154. The third-order valence-corrected chi connectivity index (χ3v) is 4.13. The van der Waals surface area contributed by atoms with Crippen LogP contribution in [-0.2, 0) is 10.0 Å². The van der Waals surface area contributed by atoms with Crippen molar-refractivity contribution in [3.63, 3.8) is 0 Å². The van der Waals surface area contributed by atoms with Gasteiger partial charge in [0, 0.05) is 0 Å². The first-order valence-electron chi connectivity index (χ1n) is 6.58. The summed E-state index contributed by atoms with van der Waals surface area (Å²) in [4.78, 5) is 34.3. The number of ketones is 1. The molecule has 1 aromatic heterocycles. The summed E-state index contributed by atoms with van der Waals surface area (Å²) in [7, 11) is -3.91. The van der Waals surface area contributed by atoms with E-state index in [1.807, 2.05) is 0 Å². The summed E-state index contributed by atoms with van der Waals surface area (Å²) in [5.74, 6) is -5.74. The SMILES string of the molecule is COc1nc(C=O)nc(C(=O)c2cccc(Cl)c2NS(=O)(=O)C(F)F)n1. The van der Waals surface area contributed by atoms with E-state index in [0.29, 0.717) is 0 Å². The van der Waals surface area contributed by atoms with Gasteiger partial charge in [0.25, 0.3) is 10.0 Å². The molecule has 9 nitrogen and oxygen atoms in total. The Labute approximate surface area is 150 Å². The first kappa shape index (κ1) is 19.6. The van der Waals surface area contributed by atoms with E-state index in [0.717, 1.165) is 6.07 Å². The largest absolute Gasteiger partial charge is 0.467 e. The highest BCUT2D eigenvalue weighted by Gasteiger charge is 2.28. The number of methoxy groups -OCH3 is 1. The number of carbonyl (C=O) groups excluding carboxylic acids is 2. The zero-order valence-corrected chi connectivity index (χ0v) is 14.4. The van der Waals surface area contributed by atoms with E-state index in [1.165, 1.54) is 19.2 Å². The Balaban J connectivity index is 2.57. The number of para-hydroxylation sites is 1. The highest BCUT2D eigenvalue weighted by Crippen LogP contribution is 2.29. The van der Waals surface area contributed by atoms with Gasteiger partial charge in [-0.3, -0.25) is 14.3 Å². The van der Waals surface area contributed by atoms with Crippen molar-refractivity contribution >= 4 is 39.4 Å². The predicted octanol–water partition coefficient (Wildman–Crippen LogP) is 1.54. The molecule has 1 aromatic carbocycles. The summed E-state index contributed by atoms with van der Waals surface area (Å²) < 4.78 is 54.4. The molecule has 0 radical (unpaired) electrons. The quantitative estimate of drug-likeness (QED) is 0.541. The lowest BCUT2D eigenvalue weighted by Crippen LogP contribution is -2.23. The van der Waals surface area contributed by atoms with Crippen LogP contribution in [0.1, 0.15) is 26.8 Å². The average molecular weight is 407 g/mol. The standard InChI is InChI=1S/C13H9ClF2N4O5S/c1-25-13-18-8(5-21)17-11(19-13)10(22)6-3-2-4-7(14)9(6)20-26(23,24)12(15)16/h2-5,12,20H,1H3. The molecule has 0 aliphatic heterocycles. The van der Waals surface area contributed by atoms with Crippen LogP contribution in [0.4, 0.5) is 14.5 Å². The number of halogens is 3. The van der Waals surface area contributed by atoms with Gasteiger partial charge in [0.05, 0.1) is 23.4 Å². The van der Waals surface area contributed by atoms with Crippen LogP contribution in [0.3, 0.4) is 0 Å². The number of nitrogens with one attached hydrogen (secondary N) is 1. The van der Waals surface area contributed by atoms with Gasteiger partial charge < -0.3 is 4.74 Å². The van der Waals surface area contributed by atoms with Gasteiger partial charge >= 0.3 is 11.8 Å². The molecule has 1 N–H and O–H groups in total. The molecule has 2 aromatic rings. The van der Waals surface area contributed by atoms with Gasteiger partial charge in [0.2, 0.25) is 11.6 Å². The Bertz CT molecular complexity index is 971. The van der Waals surface area contributed by atoms with Crippen LogP contribution in [0.25, 0.3) is 0 Å². The minimum atomic E-state index is -5.09. The maximum absolute atomic E-state index is 12.6. The second kappa shape index (κ2) is 7.66. The molecular weight excluding hydrogens is 398 g/mol. The minimum Gasteiger partial charge on any atom is -0.467 e. The summed E-state index contributed by atoms with van der Waals surface area (Å²) in [6.07, 6.45) is 0.235. The third kappa shape index (κ3) is 4.08. The monoisotopic (exact) mass is 406 g/mol. The molecule has 1 heterocycles. The summed E-state index contributed by atoms with van der Waals surface area (Å²) >= 11 is 5.83. The smallest absolute Gasteiger partial charge is 0.355 e. The molecule has 0 amide bonds. The van der Waals surface area contributed by atoms with Crippen LogP contribution in [0, 0.1) is 0 Å². The molecule has 138 valence electrons. The van der Waals surface area contributed by atoms with Crippen molar-refractivity contribution in [3.8, 4) is 6.01 Å². The highest BCUT2D eigenvalue weighted by atomic mass is 35.5. The van der Waals surface area contributed by atoms with Gasteiger partial charge in [0.15, 0.2) is 12.1 Å². The number of benzene rings is 1. The number of anilines is 1. The molecule has 0 fully saturated rings. The van der Waals surface area contributed by atoms with Gasteiger partial charge in [-0.15, -0.1) is 0 Å². The zero-order valence-electron chi connectivity index (χ0n) is 12.8. The van der Waals surface area contributed by atoms with E-state index in [4.69, 9.17) is 16.3 Å². The number of hydrogen-bond acceptors (Lipinski definition) is 8. The summed E-state index contributed by atoms with van der Waals surface area (Å²) in [5, 5.41) is -0.309. The van der Waals surface area contributed by atoms with Gasteiger partial charge in [-0.1, -0.05) is 17.7 Å². The van der Waals surface area contributed by atoms with Gasteiger partial charge in [-0.2, -0.15) is 18.7 Å². The van der Waals surface area contributed by atoms with Crippen LogP contribution in [0.15, 0.2) is 18.2 Å². The number of sulfonamides is 1. The normalized spacial score (nSPS) is 11.3. The van der Waals surface area contributed by atoms with E-state index in [9.17, 15) is 26.8 Å². The molecule has 0 saturated carbocycles. The molecule has 0 unspecified atom stereocenters. The topological polar surface area (TPSA) is 128 Å². The summed E-state index contributed by atoms with van der Waals surface area (Å²) in [5.41, 5.74) is -0.988. The van der Waals surface area contributed by atoms with Crippen molar-refractivity contribution < 1.29 is 31.5 Å². The Morgan fingerprint density at radius 3 is 2.58 bits per heavy atom. The Morgan fingerprint density at radius 1 is 1.31 bits per heavy atom. The first-order valence-corrected chi connectivity index (χ1v) is 8.50. The molecule has 2 rings (SSSR count). The molecular formula is C13H9ClF2N4O5S. The van der Waals surface area contributed by atoms with Crippen LogP contribution < -0.4 is 9.46 Å². The van der Waals surface area contributed by atoms with E-state index in [-0.39, 0.29) is 17.3 Å². The van der Waals surface area contributed by atoms with Crippen molar-refractivity contribution in [1.82, 2.24) is 15.0 Å². The number of aldehydes is 1. The molecule has 0 aliphatic rings.